The highest BCUT2D eigenvalue weighted by Crippen LogP contribution is 2.04. The Labute approximate surface area is 79.7 Å². The minimum Gasteiger partial charge on any atom is -0.360 e. The summed E-state index contributed by atoms with van der Waals surface area (Å²) in [4.78, 5) is 1.45. The van der Waals surface area contributed by atoms with Gasteiger partial charge in [0.2, 0.25) is 9.84 Å². The zero-order valence-electron chi connectivity index (χ0n) is 7.86. The van der Waals surface area contributed by atoms with Crippen LogP contribution < -0.4 is 0 Å². The summed E-state index contributed by atoms with van der Waals surface area (Å²) in [6, 6.07) is 0. The average molecular weight is 209 g/mol. The monoisotopic (exact) mass is 209 g/mol. The molecule has 0 N–H and O–H groups in total. The van der Waals surface area contributed by atoms with E-state index in [0.717, 1.165) is 0 Å². The molecular weight excluding hydrogens is 194 g/mol. The lowest BCUT2D eigenvalue weighted by Crippen LogP contribution is -2.31. The Morgan fingerprint density at radius 1 is 1.42 bits per heavy atom. The second-order valence-corrected chi connectivity index (χ2v) is 5.93. The Balaban J connectivity index is 4.53. The van der Waals surface area contributed by atoms with E-state index in [-0.39, 0.29) is 16.0 Å². The smallest absolute Gasteiger partial charge is 0.204 e. The van der Waals surface area contributed by atoms with E-state index in [0.29, 0.717) is 0 Å². The fourth-order valence-corrected chi connectivity index (χ4v) is 2.57. The van der Waals surface area contributed by atoms with Crippen molar-refractivity contribution in [2.45, 2.75) is 13.8 Å². The Kier molecular flexibility index (Phi) is 4.13. The summed E-state index contributed by atoms with van der Waals surface area (Å²) in [5.74, 6) is 0.247. The molecular formula is C7H15NO2S2. The van der Waals surface area contributed by atoms with E-state index in [4.69, 9.17) is 12.2 Å². The molecule has 0 aromatic heterocycles. The molecule has 12 heavy (non-hydrogen) atoms. The Hall–Kier alpha value is -0.160. The molecule has 0 amide bonds. The number of hydrogen-bond donors (Lipinski definition) is 0. The molecule has 0 aromatic carbocycles. The molecule has 5 heteroatoms. The lowest BCUT2D eigenvalue weighted by atomic mass is 10.3. The summed E-state index contributed by atoms with van der Waals surface area (Å²) < 4.78 is 22.8. The molecule has 0 aromatic rings. The van der Waals surface area contributed by atoms with Crippen LogP contribution in [-0.2, 0) is 9.84 Å². The summed E-state index contributed by atoms with van der Waals surface area (Å²) in [5, 5.41) is 0. The maximum atomic E-state index is 11.4. The van der Waals surface area contributed by atoms with Gasteiger partial charge in [-0.3, -0.25) is 0 Å². The summed E-state index contributed by atoms with van der Waals surface area (Å²) in [5.41, 5.74) is 0. The minimum atomic E-state index is -3.20. The highest BCUT2D eigenvalue weighted by molar-refractivity contribution is 8.17. The van der Waals surface area contributed by atoms with Crippen LogP contribution in [0.25, 0.3) is 0 Å². The van der Waals surface area contributed by atoms with Gasteiger partial charge in [-0.2, -0.15) is 0 Å². The van der Waals surface area contributed by atoms with Gasteiger partial charge in [-0.1, -0.05) is 13.8 Å². The lowest BCUT2D eigenvalue weighted by Gasteiger charge is -2.14. The molecule has 0 heterocycles. The molecule has 0 aliphatic rings. The third kappa shape index (κ3) is 3.49. The van der Waals surface area contributed by atoms with Gasteiger partial charge in [-0.25, -0.2) is 8.42 Å². The van der Waals surface area contributed by atoms with Crippen molar-refractivity contribution < 1.29 is 8.42 Å². The first kappa shape index (κ1) is 11.8. The van der Waals surface area contributed by atoms with Gasteiger partial charge in [0.1, 0.15) is 0 Å². The van der Waals surface area contributed by atoms with E-state index in [1.54, 1.807) is 14.1 Å². The highest BCUT2D eigenvalue weighted by Gasteiger charge is 2.20. The van der Waals surface area contributed by atoms with E-state index in [2.05, 4.69) is 0 Å². The van der Waals surface area contributed by atoms with Crippen molar-refractivity contribution in [3.05, 3.63) is 0 Å². The maximum absolute atomic E-state index is 11.4. The maximum Gasteiger partial charge on any atom is 0.204 e. The average Bonchev–Trinajstić information content (AvgIpc) is 1.82. The zero-order valence-corrected chi connectivity index (χ0v) is 9.50. The van der Waals surface area contributed by atoms with Crippen LogP contribution in [0.3, 0.4) is 0 Å². The van der Waals surface area contributed by atoms with Crippen molar-refractivity contribution in [2.75, 3.05) is 19.8 Å². The molecule has 3 nitrogen and oxygen atoms in total. The van der Waals surface area contributed by atoms with Crippen LogP contribution in [0.2, 0.25) is 0 Å². The molecule has 0 aliphatic carbocycles. The molecule has 0 radical (unpaired) electrons. The fraction of sp³-hybridized carbons (Fsp3) is 0.857. The van der Waals surface area contributed by atoms with Crippen LogP contribution >= 0.6 is 12.2 Å². The first-order valence-electron chi connectivity index (χ1n) is 3.71. The molecule has 0 saturated heterocycles. The number of nitrogens with zero attached hydrogens (tertiary/aromatic N) is 1. The van der Waals surface area contributed by atoms with Crippen molar-refractivity contribution >= 4 is 26.4 Å². The van der Waals surface area contributed by atoms with Crippen molar-refractivity contribution in [2.24, 2.45) is 5.92 Å². The molecule has 0 atom stereocenters. The number of hydrogen-bond acceptors (Lipinski definition) is 3. The highest BCUT2D eigenvalue weighted by atomic mass is 32.2. The summed E-state index contributed by atoms with van der Waals surface area (Å²) in [7, 11) is 0.0768. The van der Waals surface area contributed by atoms with Crippen LogP contribution in [-0.4, -0.2) is 37.5 Å². The topological polar surface area (TPSA) is 37.4 Å². The lowest BCUT2D eigenvalue weighted by molar-refractivity contribution is 0.580. The van der Waals surface area contributed by atoms with E-state index in [9.17, 15) is 8.42 Å². The van der Waals surface area contributed by atoms with Crippen molar-refractivity contribution in [3.63, 3.8) is 0 Å². The van der Waals surface area contributed by atoms with Gasteiger partial charge in [0.05, 0.1) is 5.75 Å². The minimum absolute atomic E-state index is 0.0243. The summed E-state index contributed by atoms with van der Waals surface area (Å²) in [6.45, 7) is 3.71. The normalized spacial score (nSPS) is 11.8. The second kappa shape index (κ2) is 4.18. The van der Waals surface area contributed by atoms with Crippen LogP contribution in [0.1, 0.15) is 13.8 Å². The van der Waals surface area contributed by atoms with Crippen LogP contribution in [0.15, 0.2) is 0 Å². The van der Waals surface area contributed by atoms with Crippen LogP contribution in [0.5, 0.6) is 0 Å². The Morgan fingerprint density at radius 3 is 2.08 bits per heavy atom. The third-order valence-electron chi connectivity index (χ3n) is 1.18. The molecule has 72 valence electrons. The van der Waals surface area contributed by atoms with Gasteiger partial charge in [0, 0.05) is 14.1 Å². The first-order valence-corrected chi connectivity index (χ1v) is 5.77. The molecule has 0 unspecified atom stereocenters. The third-order valence-corrected chi connectivity index (χ3v) is 4.31. The van der Waals surface area contributed by atoms with Gasteiger partial charge >= 0.3 is 0 Å². The number of rotatable bonds is 2. The SMILES string of the molecule is CC(C)CS(=O)(=O)C(=S)N(C)C. The Morgan fingerprint density at radius 2 is 1.83 bits per heavy atom. The van der Waals surface area contributed by atoms with Gasteiger partial charge in [0.15, 0.2) is 4.32 Å². The fourth-order valence-electron chi connectivity index (χ4n) is 0.788. The molecule has 0 aliphatic heterocycles. The van der Waals surface area contributed by atoms with Crippen molar-refractivity contribution in [3.8, 4) is 0 Å². The van der Waals surface area contributed by atoms with Crippen LogP contribution in [0.4, 0.5) is 0 Å². The summed E-state index contributed by atoms with van der Waals surface area (Å²) >= 11 is 4.77. The van der Waals surface area contributed by atoms with E-state index in [1.807, 2.05) is 13.8 Å². The molecule has 0 saturated carbocycles. The molecule has 0 bridgehead atoms. The van der Waals surface area contributed by atoms with Gasteiger partial charge < -0.3 is 4.90 Å². The largest absolute Gasteiger partial charge is 0.360 e. The first-order chi connectivity index (χ1) is 5.27. The van der Waals surface area contributed by atoms with Crippen LogP contribution in [0, 0.1) is 5.92 Å². The van der Waals surface area contributed by atoms with Gasteiger partial charge in [0.25, 0.3) is 0 Å². The van der Waals surface area contributed by atoms with Gasteiger partial charge in [-0.15, -0.1) is 0 Å². The van der Waals surface area contributed by atoms with Crippen molar-refractivity contribution in [1.29, 1.82) is 0 Å². The zero-order chi connectivity index (χ0) is 9.94. The predicted octanol–water partition coefficient (Wildman–Crippen LogP) is 0.904. The summed E-state index contributed by atoms with van der Waals surface area (Å²) in [6.07, 6.45) is 0. The molecule has 0 spiro atoms. The standard InChI is InChI=1S/C7H15NO2S2/c1-6(2)5-12(9,10)7(11)8(3)4/h6H,5H2,1-4H3. The number of sulfone groups is 1. The Bertz CT molecular complexity index is 255. The number of thiocarbonyl (C=S) groups is 1. The molecule has 0 fully saturated rings. The molecule has 0 rings (SSSR count). The van der Waals surface area contributed by atoms with E-state index in [1.165, 1.54) is 4.90 Å². The van der Waals surface area contributed by atoms with E-state index < -0.39 is 9.84 Å². The van der Waals surface area contributed by atoms with Gasteiger partial charge in [-0.05, 0) is 18.1 Å². The predicted molar refractivity (Wildman–Crippen MR) is 54.9 cm³/mol. The van der Waals surface area contributed by atoms with E-state index >= 15 is 0 Å². The second-order valence-electron chi connectivity index (χ2n) is 3.34. The quantitative estimate of drug-likeness (QED) is 0.633. The van der Waals surface area contributed by atoms with Crippen molar-refractivity contribution in [1.82, 2.24) is 4.90 Å².